The number of hydroxylamine groups is 1. The van der Waals surface area contributed by atoms with E-state index >= 15 is 0 Å². The maximum atomic E-state index is 12.8. The molecule has 0 radical (unpaired) electrons. The van der Waals surface area contributed by atoms with Crippen molar-refractivity contribution in [3.63, 3.8) is 0 Å². The maximum absolute atomic E-state index is 12.8. The van der Waals surface area contributed by atoms with Crippen LogP contribution in [0, 0.1) is 6.92 Å². The Morgan fingerprint density at radius 2 is 1.34 bits per heavy atom. The Morgan fingerprint density at radius 3 is 1.86 bits per heavy atom. The van der Waals surface area contributed by atoms with Crippen molar-refractivity contribution in [2.75, 3.05) is 83.8 Å². The number of carbonyl (C=O) groups excluding carboxylic acids is 5. The molecule has 0 saturated carbocycles. The van der Waals surface area contributed by atoms with Crippen molar-refractivity contribution >= 4 is 68.5 Å². The number of hydrogen-bond acceptors (Lipinski definition) is 18. The molecule has 7 rings (SSSR count). The lowest BCUT2D eigenvalue weighted by atomic mass is 10.1. The minimum atomic E-state index is -3.72. The first-order chi connectivity index (χ1) is 34.7. The van der Waals surface area contributed by atoms with E-state index in [4.69, 9.17) is 31.5 Å². The van der Waals surface area contributed by atoms with E-state index in [1.54, 1.807) is 52.8 Å². The quantitative estimate of drug-likeness (QED) is 0.0973. The van der Waals surface area contributed by atoms with Crippen LogP contribution in [-0.4, -0.2) is 162 Å². The predicted molar refractivity (Wildman–Crippen MR) is 281 cm³/mol. The Bertz CT molecular complexity index is 2510. The number of imide groups is 2. The number of barbiturate groups is 1. The number of carbonyl (C=O) groups is 5. The molecule has 6 aliphatic heterocycles. The standard InChI is InChI=1S/C17H23N3O.C16H24N4O6S2.C13H17N3O4.C4H10/c1-4-16-15(17-19(5-2)10-11-21-17)12-20(18-16)14-8-6-13(3)7-9-14;1-4-17-26-28(23,24)11-7-8-18-9-10-25-15(18)12-13(21)19(5-2)16(27)20(6-3)14(12)22;1-6-16-11(18)9(10(17)15(5)13(16)19)12-14(4)7(2)8(3)20-12;1-3-4-2/h6-9H,4-5,10-12H2,1-3H3;9-10,17H,4-8,11H2,1-3H3;6H2,1-5H3;3-4H2,1-2H3/b;;12-9+;. The number of rotatable bonds is 14. The molecule has 3 fully saturated rings. The molecule has 6 amide bonds. The topological polar surface area (TPSA) is 207 Å². The number of urea groups is 1. The second-order valence-electron chi connectivity index (χ2n) is 17.0. The monoisotopic (exact) mass is 1050 g/mol. The van der Waals surface area contributed by atoms with Crippen LogP contribution in [0.2, 0.25) is 0 Å². The van der Waals surface area contributed by atoms with Crippen molar-refractivity contribution < 1.29 is 50.9 Å². The van der Waals surface area contributed by atoms with Gasteiger partial charge < -0.3 is 28.9 Å². The smallest absolute Gasteiger partial charge is 0.333 e. The third kappa shape index (κ3) is 13.9. The Labute approximate surface area is 436 Å². The highest BCUT2D eigenvalue weighted by molar-refractivity contribution is 7.86. The first-order valence-electron chi connectivity index (χ1n) is 24.9. The van der Waals surface area contributed by atoms with Gasteiger partial charge in [0.1, 0.15) is 18.6 Å². The van der Waals surface area contributed by atoms with Gasteiger partial charge in [0.2, 0.25) is 11.8 Å². The van der Waals surface area contributed by atoms with Crippen molar-refractivity contribution in [1.82, 2.24) is 39.8 Å². The van der Waals surface area contributed by atoms with Gasteiger partial charge in [0.15, 0.2) is 22.1 Å². The maximum Gasteiger partial charge on any atom is 0.333 e. The van der Waals surface area contributed by atoms with Crippen molar-refractivity contribution in [2.45, 2.75) is 102 Å². The van der Waals surface area contributed by atoms with E-state index in [-0.39, 0.29) is 53.3 Å². The number of anilines is 1. The van der Waals surface area contributed by atoms with Crippen molar-refractivity contribution in [3.05, 3.63) is 88.1 Å². The molecule has 0 bridgehead atoms. The summed E-state index contributed by atoms with van der Waals surface area (Å²) in [4.78, 5) is 72.1. The largest absolute Gasteiger partial charge is 0.477 e. The Balaban J connectivity index is 0.000000232. The zero-order chi connectivity index (χ0) is 54.3. The minimum Gasteiger partial charge on any atom is -0.477 e. The summed E-state index contributed by atoms with van der Waals surface area (Å²) in [5.74, 6) is -0.665. The summed E-state index contributed by atoms with van der Waals surface area (Å²) in [5.41, 5.74) is 7.68. The molecule has 0 atom stereocenters. The lowest BCUT2D eigenvalue weighted by Gasteiger charge is -2.36. The molecule has 3 saturated heterocycles. The van der Waals surface area contributed by atoms with Crippen LogP contribution in [0.1, 0.15) is 100 Å². The molecule has 23 heteroatoms. The average Bonchev–Trinajstić information content (AvgIpc) is 4.19. The first kappa shape index (κ1) is 59.3. The molecule has 0 unspecified atom stereocenters. The van der Waals surface area contributed by atoms with Crippen LogP contribution in [0.25, 0.3) is 0 Å². The average molecular weight is 1060 g/mol. The van der Waals surface area contributed by atoms with Gasteiger partial charge in [-0.05, 0) is 85.7 Å². The number of nitrogens with zero attached hydrogens (tertiary/aromatic N) is 9. The molecule has 6 aliphatic rings. The summed E-state index contributed by atoms with van der Waals surface area (Å²) < 4.78 is 44.9. The fraction of sp³-hybridized carbons (Fsp3) is 0.540. The molecular weight excluding hydrogens is 981 g/mol. The van der Waals surface area contributed by atoms with Crippen LogP contribution in [0.5, 0.6) is 0 Å². The fourth-order valence-corrected chi connectivity index (χ4v) is 8.95. The third-order valence-electron chi connectivity index (χ3n) is 12.2. The fourth-order valence-electron chi connectivity index (χ4n) is 7.66. The third-order valence-corrected chi connectivity index (χ3v) is 13.8. The number of nitrogens with one attached hydrogen (secondary N) is 1. The summed E-state index contributed by atoms with van der Waals surface area (Å²) >= 11 is 5.23. The van der Waals surface area contributed by atoms with Gasteiger partial charge >= 0.3 is 6.03 Å². The molecular formula is C50H74N10O11S2. The SMILES string of the molecule is CCC1=NN(c2ccc(C)cc2)CC1=C1OCCN1CC.CCCC.CCN1C(=O)/C(=C2/OC(C)=C(C)N2C)C(=O)N(C)C1=O.CCNOS(=O)(=O)CCCN1C=COC1=C1C(=O)N(CC)C(=S)N(CC)C1=O. The Morgan fingerprint density at radius 1 is 0.753 bits per heavy atom. The number of unbranched alkanes of at least 4 members (excludes halogenated alkanes) is 1. The van der Waals surface area contributed by atoms with E-state index in [9.17, 15) is 32.4 Å². The zero-order valence-corrected chi connectivity index (χ0v) is 46.3. The Hall–Kier alpha value is -6.30. The van der Waals surface area contributed by atoms with Crippen LogP contribution in [0.3, 0.4) is 0 Å². The number of ether oxygens (including phenoxy) is 3. The van der Waals surface area contributed by atoms with E-state index in [1.807, 2.05) is 6.92 Å². The van der Waals surface area contributed by atoms with E-state index in [1.165, 1.54) is 52.0 Å². The number of amides is 6. The molecule has 1 aromatic carbocycles. The molecule has 0 aliphatic carbocycles. The number of hydrazone groups is 1. The van der Waals surface area contributed by atoms with Crippen molar-refractivity contribution in [2.24, 2.45) is 5.10 Å². The van der Waals surface area contributed by atoms with Crippen LogP contribution >= 0.6 is 12.2 Å². The number of thiocarbonyl (C=S) groups is 1. The lowest BCUT2D eigenvalue weighted by molar-refractivity contribution is -0.136. The summed E-state index contributed by atoms with van der Waals surface area (Å²) in [6.45, 7) is 26.2. The molecule has 1 aromatic rings. The number of aryl methyl sites for hydroxylation is 1. The number of allylic oxidation sites excluding steroid dienone is 2. The van der Waals surface area contributed by atoms with Gasteiger partial charge in [-0.3, -0.25) is 43.8 Å². The van der Waals surface area contributed by atoms with Gasteiger partial charge in [-0.15, -0.1) is 0 Å². The van der Waals surface area contributed by atoms with Gasteiger partial charge in [0.05, 0.1) is 41.5 Å². The minimum absolute atomic E-state index is 0.0689. The molecule has 73 heavy (non-hydrogen) atoms. The molecule has 6 heterocycles. The second kappa shape index (κ2) is 27.1. The number of hydrogen-bond donors (Lipinski definition) is 1. The highest BCUT2D eigenvalue weighted by Gasteiger charge is 2.45. The normalized spacial score (nSPS) is 20.1. The molecule has 1 N–H and O–H groups in total. The molecule has 0 spiro atoms. The van der Waals surface area contributed by atoms with Crippen LogP contribution in [-0.2, 0) is 47.8 Å². The van der Waals surface area contributed by atoms with E-state index < -0.39 is 39.8 Å². The van der Waals surface area contributed by atoms with Gasteiger partial charge in [-0.25, -0.2) is 4.79 Å². The summed E-state index contributed by atoms with van der Waals surface area (Å²) in [6, 6.07) is 7.91. The van der Waals surface area contributed by atoms with Crippen molar-refractivity contribution in [3.8, 4) is 0 Å². The highest BCUT2D eigenvalue weighted by Crippen LogP contribution is 2.33. The second-order valence-corrected chi connectivity index (χ2v) is 19.1. The number of benzene rings is 1. The van der Waals surface area contributed by atoms with Crippen LogP contribution < -0.4 is 10.5 Å². The molecule has 0 aromatic heterocycles. The number of likely N-dealkylation sites (N-methyl/N-ethyl adjacent to an activating group) is 5. The van der Waals surface area contributed by atoms with E-state index in [2.05, 4.69) is 78.6 Å². The summed E-state index contributed by atoms with van der Waals surface area (Å²) in [6.07, 6.45) is 6.66. The molecule has 402 valence electrons. The van der Waals surface area contributed by atoms with Gasteiger partial charge in [-0.1, -0.05) is 58.2 Å². The Kier molecular flexibility index (Phi) is 22.0. The lowest BCUT2D eigenvalue weighted by Crippen LogP contribution is -2.56. The van der Waals surface area contributed by atoms with Crippen LogP contribution in [0.15, 0.2) is 87.7 Å². The van der Waals surface area contributed by atoms with E-state index in [0.717, 1.165) is 65.4 Å². The van der Waals surface area contributed by atoms with Gasteiger partial charge in [0, 0.05) is 59.6 Å². The highest BCUT2D eigenvalue weighted by atomic mass is 32.2. The van der Waals surface area contributed by atoms with E-state index in [0.29, 0.717) is 25.4 Å². The van der Waals surface area contributed by atoms with Crippen LogP contribution in [0.4, 0.5) is 10.5 Å². The summed E-state index contributed by atoms with van der Waals surface area (Å²) in [7, 11) is -0.659. The zero-order valence-electron chi connectivity index (χ0n) is 44.7. The summed E-state index contributed by atoms with van der Waals surface area (Å²) in [5, 5.41) is 7.03. The molecule has 21 nitrogen and oxygen atoms in total. The predicted octanol–water partition coefficient (Wildman–Crippen LogP) is 6.06. The van der Waals surface area contributed by atoms with Gasteiger partial charge in [0.25, 0.3) is 33.7 Å². The van der Waals surface area contributed by atoms with Crippen molar-refractivity contribution in [1.29, 1.82) is 0 Å². The first-order valence-corrected chi connectivity index (χ1v) is 26.9. The van der Waals surface area contributed by atoms with Gasteiger partial charge in [-0.2, -0.15) is 23.3 Å².